The van der Waals surface area contributed by atoms with E-state index in [1.807, 2.05) is 0 Å². The molecule has 1 aliphatic heterocycles. The van der Waals surface area contributed by atoms with Crippen molar-refractivity contribution >= 4 is 18.3 Å². The van der Waals surface area contributed by atoms with E-state index >= 15 is 0 Å². The van der Waals surface area contributed by atoms with Crippen LogP contribution in [0.4, 0.5) is 0 Å². The summed E-state index contributed by atoms with van der Waals surface area (Å²) < 4.78 is 1.74. The smallest absolute Gasteiger partial charge is 0.269 e. The van der Waals surface area contributed by atoms with Gasteiger partial charge in [0.15, 0.2) is 0 Å². The van der Waals surface area contributed by atoms with E-state index in [-0.39, 0.29) is 18.3 Å². The second-order valence-corrected chi connectivity index (χ2v) is 2.55. The minimum atomic E-state index is -0.0139. The van der Waals surface area contributed by atoms with E-state index in [4.69, 9.17) is 0 Å². The van der Waals surface area contributed by atoms with Crippen LogP contribution in [0.25, 0.3) is 0 Å². The average molecular weight is 188 g/mol. The van der Waals surface area contributed by atoms with Gasteiger partial charge in [-0.05, 0) is 12.5 Å². The number of aryl methyl sites for hydroxylation is 1. The summed E-state index contributed by atoms with van der Waals surface area (Å²) in [5.74, 6) is -0.0139. The van der Waals surface area contributed by atoms with Crippen molar-refractivity contribution < 1.29 is 4.79 Å². The predicted molar refractivity (Wildman–Crippen MR) is 46.4 cm³/mol. The van der Waals surface area contributed by atoms with Gasteiger partial charge in [0.2, 0.25) is 0 Å². The van der Waals surface area contributed by atoms with E-state index in [0.29, 0.717) is 5.69 Å². The number of carbonyl (C=O) groups excluding carboxylic acids is 1. The van der Waals surface area contributed by atoms with Gasteiger partial charge in [-0.3, -0.25) is 9.48 Å². The molecule has 12 heavy (non-hydrogen) atoms. The highest BCUT2D eigenvalue weighted by molar-refractivity contribution is 5.92. The van der Waals surface area contributed by atoms with Crippen LogP contribution in [0.5, 0.6) is 0 Å². The van der Waals surface area contributed by atoms with Gasteiger partial charge in [-0.1, -0.05) is 0 Å². The summed E-state index contributed by atoms with van der Waals surface area (Å²) in [5, 5.41) is 6.81. The Hall–Kier alpha value is -1.03. The fraction of sp³-hybridized carbons (Fsp3) is 0.429. The Morgan fingerprint density at radius 3 is 3.25 bits per heavy atom. The monoisotopic (exact) mass is 187 g/mol. The normalized spacial score (nSPS) is 15.5. The lowest BCUT2D eigenvalue weighted by atomic mass is 10.4. The summed E-state index contributed by atoms with van der Waals surface area (Å²) in [4.78, 5) is 11.2. The molecule has 0 spiro atoms. The van der Waals surface area contributed by atoms with Crippen LogP contribution in [0.15, 0.2) is 12.3 Å². The summed E-state index contributed by atoms with van der Waals surface area (Å²) in [6.45, 7) is 1.59. The number of hydrogen-bond donors (Lipinski definition) is 1. The van der Waals surface area contributed by atoms with Gasteiger partial charge in [0.1, 0.15) is 5.69 Å². The number of hydrogen-bond acceptors (Lipinski definition) is 2. The SMILES string of the molecule is Cl.O=C1NCCCn2nccc21. The number of rotatable bonds is 0. The van der Waals surface area contributed by atoms with Gasteiger partial charge in [-0.25, -0.2) is 0 Å². The quantitative estimate of drug-likeness (QED) is 0.641. The number of carbonyl (C=O) groups is 1. The molecule has 2 rings (SSSR count). The number of amides is 1. The number of aromatic nitrogens is 2. The summed E-state index contributed by atoms with van der Waals surface area (Å²) in [6, 6.07) is 1.74. The van der Waals surface area contributed by atoms with Crippen molar-refractivity contribution in [1.29, 1.82) is 0 Å². The molecule has 1 amide bonds. The predicted octanol–water partition coefficient (Wildman–Crippen LogP) is 0.438. The Balaban J connectivity index is 0.000000720. The summed E-state index contributed by atoms with van der Waals surface area (Å²) in [7, 11) is 0. The van der Waals surface area contributed by atoms with Gasteiger partial charge < -0.3 is 5.32 Å². The van der Waals surface area contributed by atoms with Gasteiger partial charge in [-0.2, -0.15) is 5.10 Å². The number of nitrogens with one attached hydrogen (secondary N) is 1. The lowest BCUT2D eigenvalue weighted by Crippen LogP contribution is -2.22. The largest absolute Gasteiger partial charge is 0.351 e. The molecule has 4 nitrogen and oxygen atoms in total. The molecule has 0 atom stereocenters. The molecule has 5 heteroatoms. The van der Waals surface area contributed by atoms with Gasteiger partial charge >= 0.3 is 0 Å². The highest BCUT2D eigenvalue weighted by atomic mass is 35.5. The Labute approximate surface area is 76.4 Å². The molecule has 0 radical (unpaired) electrons. The maximum absolute atomic E-state index is 11.2. The third-order valence-electron chi connectivity index (χ3n) is 1.78. The van der Waals surface area contributed by atoms with Crippen LogP contribution in [0.1, 0.15) is 16.9 Å². The molecule has 0 bridgehead atoms. The van der Waals surface area contributed by atoms with Gasteiger partial charge in [-0.15, -0.1) is 12.4 Å². The third kappa shape index (κ3) is 1.43. The molecule has 1 N–H and O–H groups in total. The molecule has 0 saturated carbocycles. The molecule has 1 aromatic rings. The van der Waals surface area contributed by atoms with Gasteiger partial charge in [0.25, 0.3) is 5.91 Å². The van der Waals surface area contributed by atoms with Crippen molar-refractivity contribution in [3.05, 3.63) is 18.0 Å². The highest BCUT2D eigenvalue weighted by Gasteiger charge is 2.13. The van der Waals surface area contributed by atoms with Crippen molar-refractivity contribution in [1.82, 2.24) is 15.1 Å². The average Bonchev–Trinajstić information content (AvgIpc) is 2.40. The summed E-state index contributed by atoms with van der Waals surface area (Å²) in [5.41, 5.74) is 0.669. The van der Waals surface area contributed by atoms with Crippen LogP contribution in [0.2, 0.25) is 0 Å². The summed E-state index contributed by atoms with van der Waals surface area (Å²) in [6.07, 6.45) is 2.61. The fourth-order valence-corrected chi connectivity index (χ4v) is 1.23. The van der Waals surface area contributed by atoms with Crippen LogP contribution in [-0.2, 0) is 6.54 Å². The molecule has 0 aliphatic carbocycles. The number of halogens is 1. The van der Waals surface area contributed by atoms with Crippen molar-refractivity contribution in [2.75, 3.05) is 6.54 Å². The van der Waals surface area contributed by atoms with Crippen molar-refractivity contribution in [2.24, 2.45) is 0 Å². The zero-order chi connectivity index (χ0) is 7.68. The Morgan fingerprint density at radius 2 is 2.42 bits per heavy atom. The molecule has 0 fully saturated rings. The molecule has 66 valence electrons. The molecule has 1 aromatic heterocycles. The first-order valence-electron chi connectivity index (χ1n) is 3.68. The van der Waals surface area contributed by atoms with Crippen LogP contribution in [-0.4, -0.2) is 22.2 Å². The van der Waals surface area contributed by atoms with Crippen molar-refractivity contribution in [3.63, 3.8) is 0 Å². The number of fused-ring (bicyclic) bond motifs is 1. The van der Waals surface area contributed by atoms with Gasteiger partial charge in [0.05, 0.1) is 0 Å². The van der Waals surface area contributed by atoms with Crippen LogP contribution in [0.3, 0.4) is 0 Å². The molecule has 1 aliphatic rings. The second-order valence-electron chi connectivity index (χ2n) is 2.55. The Morgan fingerprint density at radius 1 is 1.58 bits per heavy atom. The first-order valence-corrected chi connectivity index (χ1v) is 3.68. The molecule has 2 heterocycles. The second kappa shape index (κ2) is 3.58. The summed E-state index contributed by atoms with van der Waals surface area (Å²) >= 11 is 0. The molecular weight excluding hydrogens is 178 g/mol. The zero-order valence-electron chi connectivity index (χ0n) is 6.49. The van der Waals surface area contributed by atoms with E-state index < -0.39 is 0 Å². The van der Waals surface area contributed by atoms with Gasteiger partial charge in [0, 0.05) is 19.3 Å². The molecule has 0 aromatic carbocycles. The molecular formula is C7H10ClN3O. The van der Waals surface area contributed by atoms with Crippen molar-refractivity contribution in [2.45, 2.75) is 13.0 Å². The first-order chi connectivity index (χ1) is 5.38. The highest BCUT2D eigenvalue weighted by Crippen LogP contribution is 2.02. The van der Waals surface area contributed by atoms with Crippen LogP contribution < -0.4 is 5.32 Å². The van der Waals surface area contributed by atoms with E-state index in [9.17, 15) is 4.79 Å². The third-order valence-corrected chi connectivity index (χ3v) is 1.78. The maximum Gasteiger partial charge on any atom is 0.269 e. The Kier molecular flexibility index (Phi) is 2.70. The molecule has 0 unspecified atom stereocenters. The van der Waals surface area contributed by atoms with Crippen LogP contribution >= 0.6 is 12.4 Å². The number of nitrogens with zero attached hydrogens (tertiary/aromatic N) is 2. The van der Waals surface area contributed by atoms with Crippen LogP contribution in [0, 0.1) is 0 Å². The lowest BCUT2D eigenvalue weighted by Gasteiger charge is -1.97. The van der Waals surface area contributed by atoms with E-state index in [1.165, 1.54) is 0 Å². The minimum absolute atomic E-state index is 0. The molecule has 0 saturated heterocycles. The van der Waals surface area contributed by atoms with E-state index in [2.05, 4.69) is 10.4 Å². The topological polar surface area (TPSA) is 46.9 Å². The standard InChI is InChI=1S/C7H9N3O.ClH/c11-7-6-2-4-9-10(6)5-1-3-8-7;/h2,4H,1,3,5H2,(H,8,11);1H. The lowest BCUT2D eigenvalue weighted by molar-refractivity contribution is 0.0950. The maximum atomic E-state index is 11.2. The first kappa shape index (κ1) is 9.06. The van der Waals surface area contributed by atoms with E-state index in [0.717, 1.165) is 19.5 Å². The van der Waals surface area contributed by atoms with Crippen molar-refractivity contribution in [3.8, 4) is 0 Å². The Bertz CT molecular complexity index is 284. The minimum Gasteiger partial charge on any atom is -0.351 e. The zero-order valence-corrected chi connectivity index (χ0v) is 7.30. The fourth-order valence-electron chi connectivity index (χ4n) is 1.23. The van der Waals surface area contributed by atoms with E-state index in [1.54, 1.807) is 16.9 Å².